The molecule has 0 radical (unpaired) electrons. The van der Waals surface area contributed by atoms with Gasteiger partial charge in [0.25, 0.3) is 0 Å². The fraction of sp³-hybridized carbons (Fsp3) is 0.467. The summed E-state index contributed by atoms with van der Waals surface area (Å²) in [5.74, 6) is 1.22. The van der Waals surface area contributed by atoms with Crippen LogP contribution in [-0.2, 0) is 11.2 Å². The Labute approximate surface area is 119 Å². The van der Waals surface area contributed by atoms with Crippen LogP contribution in [0.4, 0.5) is 0 Å². The number of nitrogens with zero attached hydrogens (tertiary/aromatic N) is 1. The van der Waals surface area contributed by atoms with Crippen LogP contribution in [0.2, 0.25) is 0 Å². The molecule has 1 N–H and O–H groups in total. The number of carbonyl (C=O) groups is 1. The second kappa shape index (κ2) is 8.05. The van der Waals surface area contributed by atoms with E-state index >= 15 is 0 Å². The lowest BCUT2D eigenvalue weighted by Gasteiger charge is -2.14. The molecule has 0 aliphatic carbocycles. The van der Waals surface area contributed by atoms with Gasteiger partial charge in [0.1, 0.15) is 6.54 Å². The summed E-state index contributed by atoms with van der Waals surface area (Å²) in [5, 5.41) is 10.9. The lowest BCUT2D eigenvalue weighted by Crippen LogP contribution is -2.23. The number of rotatable bonds is 7. The van der Waals surface area contributed by atoms with Gasteiger partial charge < -0.3 is 14.8 Å². The van der Waals surface area contributed by atoms with Crippen LogP contribution in [0.1, 0.15) is 25.8 Å². The first kappa shape index (κ1) is 15.8. The molecule has 108 valence electrons. The van der Waals surface area contributed by atoms with Gasteiger partial charge in [0.05, 0.1) is 19.3 Å². The summed E-state index contributed by atoms with van der Waals surface area (Å²) in [6.07, 6.45) is 1.01. The number of ether oxygens (including phenoxy) is 2. The Kier molecular flexibility index (Phi) is 6.38. The number of methoxy groups -OCH3 is 1. The molecule has 1 rings (SSSR count). The van der Waals surface area contributed by atoms with Crippen molar-refractivity contribution in [3.8, 4) is 17.6 Å². The normalized spacial score (nSPS) is 9.95. The Bertz CT molecular complexity index is 492. The van der Waals surface area contributed by atoms with E-state index < -0.39 is 0 Å². The first-order valence-electron chi connectivity index (χ1n) is 6.54. The number of nitrogens with one attached hydrogen (secondary N) is 1. The monoisotopic (exact) mass is 276 g/mol. The van der Waals surface area contributed by atoms with Gasteiger partial charge in [-0.1, -0.05) is 6.07 Å². The molecule has 0 aliphatic rings. The maximum atomic E-state index is 11.4. The second-order valence-corrected chi connectivity index (χ2v) is 4.59. The van der Waals surface area contributed by atoms with Crippen molar-refractivity contribution in [1.29, 1.82) is 5.26 Å². The average molecular weight is 276 g/mol. The molecular weight excluding hydrogens is 256 g/mol. The fourth-order valence-electron chi connectivity index (χ4n) is 1.70. The molecule has 1 aromatic rings. The van der Waals surface area contributed by atoms with Crippen molar-refractivity contribution in [3.05, 3.63) is 23.8 Å². The van der Waals surface area contributed by atoms with Crippen LogP contribution in [0, 0.1) is 11.3 Å². The first-order chi connectivity index (χ1) is 9.56. The highest BCUT2D eigenvalue weighted by molar-refractivity contribution is 5.76. The molecule has 20 heavy (non-hydrogen) atoms. The van der Waals surface area contributed by atoms with Crippen LogP contribution in [0.15, 0.2) is 18.2 Å². The van der Waals surface area contributed by atoms with Crippen molar-refractivity contribution in [2.45, 2.75) is 32.8 Å². The van der Waals surface area contributed by atoms with Gasteiger partial charge in [-0.15, -0.1) is 0 Å². The van der Waals surface area contributed by atoms with Crippen LogP contribution in [0.3, 0.4) is 0 Å². The third-order valence-electron chi connectivity index (χ3n) is 2.60. The van der Waals surface area contributed by atoms with E-state index in [1.165, 1.54) is 0 Å². The van der Waals surface area contributed by atoms with Gasteiger partial charge in [-0.2, -0.15) is 5.26 Å². The predicted octanol–water partition coefficient (Wildman–Crippen LogP) is 2.05. The zero-order chi connectivity index (χ0) is 15.0. The Morgan fingerprint density at radius 2 is 2.15 bits per heavy atom. The molecule has 0 aromatic heterocycles. The topological polar surface area (TPSA) is 71.3 Å². The zero-order valence-electron chi connectivity index (χ0n) is 12.1. The van der Waals surface area contributed by atoms with E-state index in [1.54, 1.807) is 7.11 Å². The maximum absolute atomic E-state index is 11.4. The molecule has 0 bridgehead atoms. The van der Waals surface area contributed by atoms with E-state index in [0.717, 1.165) is 5.56 Å². The summed E-state index contributed by atoms with van der Waals surface area (Å²) in [7, 11) is 1.59. The second-order valence-electron chi connectivity index (χ2n) is 4.59. The minimum atomic E-state index is -0.131. The smallest absolute Gasteiger partial charge is 0.221 e. The largest absolute Gasteiger partial charge is 0.493 e. The van der Waals surface area contributed by atoms with Crippen molar-refractivity contribution in [1.82, 2.24) is 5.32 Å². The van der Waals surface area contributed by atoms with E-state index in [0.29, 0.717) is 24.3 Å². The third-order valence-corrected chi connectivity index (χ3v) is 2.60. The highest BCUT2D eigenvalue weighted by Gasteiger charge is 2.08. The van der Waals surface area contributed by atoms with E-state index in [4.69, 9.17) is 14.7 Å². The van der Waals surface area contributed by atoms with Crippen LogP contribution < -0.4 is 14.8 Å². The van der Waals surface area contributed by atoms with E-state index in [-0.39, 0.29) is 18.6 Å². The van der Waals surface area contributed by atoms with Crippen molar-refractivity contribution in [2.75, 3.05) is 13.7 Å². The Morgan fingerprint density at radius 3 is 2.75 bits per heavy atom. The van der Waals surface area contributed by atoms with Crippen molar-refractivity contribution in [2.24, 2.45) is 0 Å². The fourth-order valence-corrected chi connectivity index (χ4v) is 1.70. The average Bonchev–Trinajstić information content (AvgIpc) is 2.43. The molecule has 0 saturated heterocycles. The lowest BCUT2D eigenvalue weighted by atomic mass is 10.1. The molecule has 5 heteroatoms. The van der Waals surface area contributed by atoms with E-state index in [9.17, 15) is 4.79 Å². The van der Waals surface area contributed by atoms with Gasteiger partial charge in [0.15, 0.2) is 11.5 Å². The van der Waals surface area contributed by atoms with Crippen molar-refractivity contribution in [3.63, 3.8) is 0 Å². The highest BCUT2D eigenvalue weighted by Crippen LogP contribution is 2.29. The number of benzene rings is 1. The molecule has 0 aliphatic heterocycles. The van der Waals surface area contributed by atoms with Crippen LogP contribution in [0.25, 0.3) is 0 Å². The lowest BCUT2D eigenvalue weighted by molar-refractivity contribution is -0.120. The van der Waals surface area contributed by atoms with Gasteiger partial charge in [0, 0.05) is 6.42 Å². The van der Waals surface area contributed by atoms with E-state index in [1.807, 2.05) is 38.1 Å². The summed E-state index contributed by atoms with van der Waals surface area (Å²) in [5.41, 5.74) is 0.991. The SMILES string of the molecule is COc1cc(CCC(=O)NCC#N)ccc1OC(C)C. The highest BCUT2D eigenvalue weighted by atomic mass is 16.5. The molecule has 0 heterocycles. The molecule has 0 atom stereocenters. The molecule has 1 aromatic carbocycles. The summed E-state index contributed by atoms with van der Waals surface area (Å²) in [4.78, 5) is 11.4. The quantitative estimate of drug-likeness (QED) is 0.774. The third kappa shape index (κ3) is 5.19. The van der Waals surface area contributed by atoms with Gasteiger partial charge in [0.2, 0.25) is 5.91 Å². The first-order valence-corrected chi connectivity index (χ1v) is 6.54. The van der Waals surface area contributed by atoms with Gasteiger partial charge in [-0.25, -0.2) is 0 Å². The number of hydrogen-bond donors (Lipinski definition) is 1. The number of carbonyl (C=O) groups excluding carboxylic acids is 1. The zero-order valence-corrected chi connectivity index (χ0v) is 12.1. The summed E-state index contributed by atoms with van der Waals surface area (Å²) >= 11 is 0. The Hall–Kier alpha value is -2.22. The predicted molar refractivity (Wildman–Crippen MR) is 75.7 cm³/mol. The van der Waals surface area contributed by atoms with E-state index in [2.05, 4.69) is 5.32 Å². The molecule has 0 spiro atoms. The van der Waals surface area contributed by atoms with Crippen LogP contribution >= 0.6 is 0 Å². The molecule has 0 saturated carbocycles. The Balaban J connectivity index is 2.64. The molecular formula is C15H20N2O3. The standard InChI is InChI=1S/C15H20N2O3/c1-11(2)20-13-6-4-12(10-14(13)19-3)5-7-15(18)17-9-8-16/h4,6,10-11H,5,7,9H2,1-3H3,(H,17,18). The minimum Gasteiger partial charge on any atom is -0.493 e. The number of nitriles is 1. The number of hydrogen-bond acceptors (Lipinski definition) is 4. The van der Waals surface area contributed by atoms with Gasteiger partial charge in [-0.05, 0) is 38.0 Å². The van der Waals surface area contributed by atoms with Crippen molar-refractivity contribution < 1.29 is 14.3 Å². The molecule has 5 nitrogen and oxygen atoms in total. The van der Waals surface area contributed by atoms with Crippen LogP contribution in [-0.4, -0.2) is 25.7 Å². The van der Waals surface area contributed by atoms with Gasteiger partial charge >= 0.3 is 0 Å². The maximum Gasteiger partial charge on any atom is 0.221 e. The molecule has 0 unspecified atom stereocenters. The minimum absolute atomic E-state index is 0.0450. The Morgan fingerprint density at radius 1 is 1.40 bits per heavy atom. The number of amides is 1. The van der Waals surface area contributed by atoms with Crippen molar-refractivity contribution >= 4 is 5.91 Å². The number of aryl methyl sites for hydroxylation is 1. The molecule has 0 fully saturated rings. The summed E-state index contributed by atoms with van der Waals surface area (Å²) in [6, 6.07) is 7.51. The molecule has 1 amide bonds. The summed E-state index contributed by atoms with van der Waals surface area (Å²) in [6.45, 7) is 3.95. The van der Waals surface area contributed by atoms with Gasteiger partial charge in [-0.3, -0.25) is 4.79 Å². The van der Waals surface area contributed by atoms with Crippen LogP contribution in [0.5, 0.6) is 11.5 Å². The summed E-state index contributed by atoms with van der Waals surface area (Å²) < 4.78 is 10.9.